The molecule has 0 amide bonds. The highest BCUT2D eigenvalue weighted by molar-refractivity contribution is 5.14. The Kier molecular flexibility index (Phi) is 21.1. The summed E-state index contributed by atoms with van der Waals surface area (Å²) in [7, 11) is 0. The number of benzene rings is 1. The summed E-state index contributed by atoms with van der Waals surface area (Å²) in [5, 5.41) is 0. The minimum absolute atomic E-state index is 1.25. The van der Waals surface area contributed by atoms with Crippen LogP contribution in [0.3, 0.4) is 0 Å². The van der Waals surface area contributed by atoms with Crippen molar-refractivity contribution in [2.24, 2.45) is 0 Å². The molecule has 1 rings (SSSR count). The molecular formula is C19H36. The number of hydrogen-bond acceptors (Lipinski definition) is 0. The van der Waals surface area contributed by atoms with Crippen LogP contribution in [0, 0.1) is 0 Å². The second-order valence-corrected chi connectivity index (χ2v) is 5.06. The topological polar surface area (TPSA) is 0 Å². The molecule has 0 radical (unpaired) electrons. The maximum Gasteiger partial charge on any atom is -0.0279 e. The average molecular weight is 264 g/mol. The van der Waals surface area contributed by atoms with Crippen LogP contribution in [0.4, 0.5) is 0 Å². The summed E-state index contributed by atoms with van der Waals surface area (Å²) in [6, 6.07) is 10.8. The summed E-state index contributed by atoms with van der Waals surface area (Å²) in [5.74, 6) is 0. The SMILES string of the molecule is CCC.CCC.CCCCCCCc1ccccc1. The molecule has 0 atom stereocenters. The summed E-state index contributed by atoms with van der Waals surface area (Å²) >= 11 is 0. The molecule has 0 heteroatoms. The normalized spacial score (nSPS) is 8.89. The number of hydrogen-bond donors (Lipinski definition) is 0. The van der Waals surface area contributed by atoms with Gasteiger partial charge in [0, 0.05) is 0 Å². The van der Waals surface area contributed by atoms with Crippen LogP contribution in [0.1, 0.15) is 85.1 Å². The van der Waals surface area contributed by atoms with Crippen LogP contribution in [0.25, 0.3) is 0 Å². The molecule has 0 unspecified atom stereocenters. The molecule has 0 aromatic heterocycles. The van der Waals surface area contributed by atoms with E-state index in [4.69, 9.17) is 0 Å². The summed E-state index contributed by atoms with van der Waals surface area (Å²) < 4.78 is 0. The number of aryl methyl sites for hydroxylation is 1. The maximum atomic E-state index is 2.26. The summed E-state index contributed by atoms with van der Waals surface area (Å²) in [4.78, 5) is 0. The average Bonchev–Trinajstić information content (AvgIpc) is 2.42. The zero-order chi connectivity index (χ0) is 14.8. The lowest BCUT2D eigenvalue weighted by Gasteiger charge is -2.00. The molecule has 0 saturated heterocycles. The number of rotatable bonds is 6. The van der Waals surface area contributed by atoms with Gasteiger partial charge in [0.05, 0.1) is 0 Å². The zero-order valence-electron chi connectivity index (χ0n) is 14.0. The predicted molar refractivity (Wildman–Crippen MR) is 90.8 cm³/mol. The van der Waals surface area contributed by atoms with E-state index in [1.807, 2.05) is 0 Å². The van der Waals surface area contributed by atoms with Gasteiger partial charge in [-0.3, -0.25) is 0 Å². The molecule has 0 spiro atoms. The largest absolute Gasteiger partial charge is 0.0656 e. The second kappa shape index (κ2) is 19.6. The highest BCUT2D eigenvalue weighted by Crippen LogP contribution is 2.08. The van der Waals surface area contributed by atoms with Crippen molar-refractivity contribution in [2.75, 3.05) is 0 Å². The van der Waals surface area contributed by atoms with Gasteiger partial charge in [0.1, 0.15) is 0 Å². The fourth-order valence-corrected chi connectivity index (χ4v) is 1.58. The molecule has 1 aromatic carbocycles. The Bertz CT molecular complexity index is 223. The van der Waals surface area contributed by atoms with Gasteiger partial charge in [-0.15, -0.1) is 0 Å². The van der Waals surface area contributed by atoms with Crippen molar-refractivity contribution in [3.05, 3.63) is 35.9 Å². The molecule has 0 saturated carbocycles. The van der Waals surface area contributed by atoms with Crippen LogP contribution < -0.4 is 0 Å². The van der Waals surface area contributed by atoms with Crippen LogP contribution in [-0.4, -0.2) is 0 Å². The lowest BCUT2D eigenvalue weighted by Crippen LogP contribution is -1.84. The van der Waals surface area contributed by atoms with E-state index in [0.717, 1.165) is 0 Å². The lowest BCUT2D eigenvalue weighted by atomic mass is 10.1. The molecule has 0 nitrogen and oxygen atoms in total. The van der Waals surface area contributed by atoms with Crippen molar-refractivity contribution >= 4 is 0 Å². The highest BCUT2D eigenvalue weighted by Gasteiger charge is 1.91. The molecule has 112 valence electrons. The van der Waals surface area contributed by atoms with Gasteiger partial charge >= 0.3 is 0 Å². The Hall–Kier alpha value is -0.780. The van der Waals surface area contributed by atoms with Crippen molar-refractivity contribution in [3.8, 4) is 0 Å². The van der Waals surface area contributed by atoms with Crippen LogP contribution in [0.15, 0.2) is 30.3 Å². The molecule has 0 bridgehead atoms. The standard InChI is InChI=1S/C13H20.2C3H8/c1-2-3-4-5-7-10-13-11-8-6-9-12-13;2*1-3-2/h6,8-9,11-12H,2-5,7,10H2,1H3;2*3H2,1-2H3. The third-order valence-electron chi connectivity index (χ3n) is 2.41. The lowest BCUT2D eigenvalue weighted by molar-refractivity contribution is 0.632. The molecule has 19 heavy (non-hydrogen) atoms. The van der Waals surface area contributed by atoms with Crippen LogP contribution in [-0.2, 0) is 6.42 Å². The maximum absolute atomic E-state index is 2.26. The Morgan fingerprint density at radius 3 is 1.58 bits per heavy atom. The van der Waals surface area contributed by atoms with E-state index in [0.29, 0.717) is 0 Å². The molecule has 0 N–H and O–H groups in total. The third-order valence-corrected chi connectivity index (χ3v) is 2.41. The Labute approximate surface area is 122 Å². The van der Waals surface area contributed by atoms with Gasteiger partial charge in [-0.25, -0.2) is 0 Å². The van der Waals surface area contributed by atoms with Gasteiger partial charge in [-0.2, -0.15) is 0 Å². The van der Waals surface area contributed by atoms with Crippen LogP contribution in [0.5, 0.6) is 0 Å². The number of unbranched alkanes of at least 4 members (excludes halogenated alkanes) is 4. The van der Waals surface area contributed by atoms with Gasteiger partial charge in [-0.05, 0) is 18.4 Å². The molecule has 0 fully saturated rings. The van der Waals surface area contributed by atoms with E-state index in [1.165, 1.54) is 56.9 Å². The fourth-order valence-electron chi connectivity index (χ4n) is 1.58. The summed E-state index contributed by atoms with van der Waals surface area (Å²) in [5.41, 5.74) is 1.49. The van der Waals surface area contributed by atoms with Crippen LogP contribution in [0.2, 0.25) is 0 Å². The minimum atomic E-state index is 1.25. The molecule has 0 heterocycles. The van der Waals surface area contributed by atoms with Crippen molar-refractivity contribution in [1.29, 1.82) is 0 Å². The van der Waals surface area contributed by atoms with Crippen LogP contribution >= 0.6 is 0 Å². The zero-order valence-corrected chi connectivity index (χ0v) is 14.0. The van der Waals surface area contributed by atoms with Gasteiger partial charge < -0.3 is 0 Å². The summed E-state index contributed by atoms with van der Waals surface area (Å²) in [6.07, 6.45) is 10.6. The van der Waals surface area contributed by atoms with Crippen molar-refractivity contribution in [3.63, 3.8) is 0 Å². The Morgan fingerprint density at radius 2 is 1.11 bits per heavy atom. The van der Waals surface area contributed by atoms with E-state index >= 15 is 0 Å². The van der Waals surface area contributed by atoms with E-state index in [2.05, 4.69) is 65.0 Å². The van der Waals surface area contributed by atoms with Gasteiger partial charge in [0.25, 0.3) is 0 Å². The van der Waals surface area contributed by atoms with Crippen molar-refractivity contribution < 1.29 is 0 Å². The summed E-state index contributed by atoms with van der Waals surface area (Å²) in [6.45, 7) is 10.8. The second-order valence-electron chi connectivity index (χ2n) is 5.06. The smallest absolute Gasteiger partial charge is 0.0279 e. The van der Waals surface area contributed by atoms with E-state index in [-0.39, 0.29) is 0 Å². The van der Waals surface area contributed by atoms with Gasteiger partial charge in [-0.1, -0.05) is 103 Å². The first-order valence-electron chi connectivity index (χ1n) is 8.30. The minimum Gasteiger partial charge on any atom is -0.0656 e. The first-order chi connectivity index (χ1) is 9.26. The van der Waals surface area contributed by atoms with Gasteiger partial charge in [0.2, 0.25) is 0 Å². The fraction of sp³-hybridized carbons (Fsp3) is 0.684. The van der Waals surface area contributed by atoms with Crippen molar-refractivity contribution in [2.45, 2.75) is 86.0 Å². The first kappa shape index (κ1) is 20.5. The molecular weight excluding hydrogens is 228 g/mol. The van der Waals surface area contributed by atoms with E-state index < -0.39 is 0 Å². The predicted octanol–water partition coefficient (Wildman–Crippen LogP) is 7.03. The van der Waals surface area contributed by atoms with E-state index in [1.54, 1.807) is 0 Å². The molecule has 0 aliphatic rings. The van der Waals surface area contributed by atoms with E-state index in [9.17, 15) is 0 Å². The van der Waals surface area contributed by atoms with Crippen molar-refractivity contribution in [1.82, 2.24) is 0 Å². The molecule has 0 aliphatic carbocycles. The first-order valence-corrected chi connectivity index (χ1v) is 8.30. The quantitative estimate of drug-likeness (QED) is 0.484. The monoisotopic (exact) mass is 264 g/mol. The Balaban J connectivity index is 0. The Morgan fingerprint density at radius 1 is 0.632 bits per heavy atom. The van der Waals surface area contributed by atoms with Gasteiger partial charge in [0.15, 0.2) is 0 Å². The highest BCUT2D eigenvalue weighted by atomic mass is 14.0. The molecule has 1 aromatic rings. The third kappa shape index (κ3) is 19.7. The molecule has 0 aliphatic heterocycles.